The van der Waals surface area contributed by atoms with Crippen molar-refractivity contribution in [2.75, 3.05) is 16.4 Å². The lowest BCUT2D eigenvalue weighted by molar-refractivity contribution is -0.114. The molecule has 2 aromatic carbocycles. The van der Waals surface area contributed by atoms with Gasteiger partial charge in [0.15, 0.2) is 5.78 Å². The Kier molecular flexibility index (Phi) is 8.26. The first kappa shape index (κ1) is 25.2. The zero-order valence-electron chi connectivity index (χ0n) is 18.0. The van der Waals surface area contributed by atoms with Crippen LogP contribution in [0.25, 0.3) is 10.8 Å². The van der Waals surface area contributed by atoms with Gasteiger partial charge < -0.3 is 16.4 Å². The van der Waals surface area contributed by atoms with Crippen LogP contribution < -0.4 is 16.4 Å². The smallest absolute Gasteiger partial charge is 0.221 e. The van der Waals surface area contributed by atoms with Gasteiger partial charge in [0.05, 0.1) is 16.4 Å². The number of nitrogens with one attached hydrogen (secondary N) is 2. The summed E-state index contributed by atoms with van der Waals surface area (Å²) in [7, 11) is 0. The number of anilines is 3. The Morgan fingerprint density at radius 2 is 1.88 bits per heavy atom. The summed E-state index contributed by atoms with van der Waals surface area (Å²) in [5, 5.41) is 8.55. The van der Waals surface area contributed by atoms with Crippen molar-refractivity contribution in [3.8, 4) is 0 Å². The molecule has 0 aliphatic heterocycles. The summed E-state index contributed by atoms with van der Waals surface area (Å²) < 4.78 is 0. The number of carbonyl (C=O) groups is 2. The van der Waals surface area contributed by atoms with Gasteiger partial charge in [-0.05, 0) is 47.7 Å². The lowest BCUT2D eigenvalue weighted by atomic mass is 10.0. The number of halogens is 1. The van der Waals surface area contributed by atoms with Crippen LogP contribution in [0.3, 0.4) is 0 Å². The highest BCUT2D eigenvalue weighted by Crippen LogP contribution is 2.30. The summed E-state index contributed by atoms with van der Waals surface area (Å²) in [4.78, 5) is 29.7. The van der Waals surface area contributed by atoms with E-state index in [-0.39, 0.29) is 19.1 Å². The largest absolute Gasteiger partial charge is 0.383 e. The molecule has 2 heterocycles. The molecular formula is C26H27ClN4O2S. The molecule has 176 valence electrons. The van der Waals surface area contributed by atoms with Crippen molar-refractivity contribution in [1.29, 1.82) is 0 Å². The maximum absolute atomic E-state index is 12.8. The van der Waals surface area contributed by atoms with Crippen molar-refractivity contribution in [2.24, 2.45) is 0 Å². The van der Waals surface area contributed by atoms with Crippen LogP contribution in [-0.4, -0.2) is 16.7 Å². The van der Waals surface area contributed by atoms with E-state index in [4.69, 9.17) is 17.3 Å². The number of rotatable bonds is 8. The Balaban J connectivity index is 0.00000324. The Labute approximate surface area is 208 Å². The molecule has 8 heteroatoms. The van der Waals surface area contributed by atoms with Crippen molar-refractivity contribution >= 4 is 62.6 Å². The van der Waals surface area contributed by atoms with Gasteiger partial charge in [0.25, 0.3) is 0 Å². The summed E-state index contributed by atoms with van der Waals surface area (Å²) in [6, 6.07) is 17.1. The van der Waals surface area contributed by atoms with Crippen LogP contribution in [0.15, 0.2) is 60.8 Å². The summed E-state index contributed by atoms with van der Waals surface area (Å²) in [6.45, 7) is 1.96. The van der Waals surface area contributed by atoms with Crippen molar-refractivity contribution in [2.45, 2.75) is 33.7 Å². The summed E-state index contributed by atoms with van der Waals surface area (Å²) in [6.07, 6.45) is 2.72. The van der Waals surface area contributed by atoms with E-state index in [1.54, 1.807) is 12.3 Å². The minimum absolute atomic E-state index is 0. The Morgan fingerprint density at radius 3 is 2.68 bits per heavy atom. The topological polar surface area (TPSA) is 97.1 Å². The summed E-state index contributed by atoms with van der Waals surface area (Å²) >= 11 is 7.80. The Morgan fingerprint density at radius 1 is 1.09 bits per heavy atom. The fraction of sp³-hybridized carbons (Fsp3) is 0.192. The van der Waals surface area contributed by atoms with E-state index in [2.05, 4.69) is 15.6 Å². The van der Waals surface area contributed by atoms with Crippen LogP contribution >= 0.6 is 22.9 Å². The van der Waals surface area contributed by atoms with Crippen LogP contribution in [-0.2, 0) is 17.8 Å². The fourth-order valence-corrected chi connectivity index (χ4v) is 4.86. The molecule has 0 spiro atoms. The Hall–Kier alpha value is -3.42. The molecule has 0 saturated heterocycles. The molecular weight excluding hydrogens is 468 g/mol. The number of carbonyl (C=O) groups excluding carboxylic acids is 2. The van der Waals surface area contributed by atoms with Crippen LogP contribution in [0.4, 0.5) is 17.2 Å². The van der Waals surface area contributed by atoms with Crippen LogP contribution in [0.5, 0.6) is 0 Å². The lowest BCUT2D eigenvalue weighted by Crippen LogP contribution is -2.06. The highest BCUT2D eigenvalue weighted by atomic mass is 35.5. The third kappa shape index (κ3) is 6.12. The molecule has 6 nitrogen and oxygen atoms in total. The number of nitrogens with two attached hydrogens (primary N) is 1. The molecule has 1 amide bonds. The highest BCUT2D eigenvalue weighted by molar-refractivity contribution is 7.14. The van der Waals surface area contributed by atoms with E-state index in [1.807, 2.05) is 48.5 Å². The summed E-state index contributed by atoms with van der Waals surface area (Å²) in [5.41, 5.74) is 8.55. The molecule has 0 fully saturated rings. The molecule has 4 N–H and O–H groups in total. The average molecular weight is 495 g/mol. The van der Waals surface area contributed by atoms with Gasteiger partial charge in [-0.2, -0.15) is 0 Å². The molecule has 0 bridgehead atoms. The third-order valence-electron chi connectivity index (χ3n) is 5.17. The van der Waals surface area contributed by atoms with Crippen molar-refractivity contribution in [1.82, 2.24) is 4.98 Å². The van der Waals surface area contributed by atoms with E-state index in [0.29, 0.717) is 40.8 Å². The zero-order chi connectivity index (χ0) is 23.4. The first-order chi connectivity index (χ1) is 15.9. The monoisotopic (exact) mass is 494 g/mol. The molecule has 0 saturated carbocycles. The number of amides is 1. The normalized spacial score (nSPS) is 10.5. The molecule has 0 unspecified atom stereocenters. The van der Waals surface area contributed by atoms with Gasteiger partial charge in [-0.1, -0.05) is 43.3 Å². The highest BCUT2D eigenvalue weighted by Gasteiger charge is 2.14. The molecule has 2 aromatic heterocycles. The predicted molar refractivity (Wildman–Crippen MR) is 143 cm³/mol. The zero-order valence-corrected chi connectivity index (χ0v) is 19.6. The van der Waals surface area contributed by atoms with Crippen molar-refractivity contribution in [3.05, 3.63) is 81.1 Å². The second-order valence-electron chi connectivity index (χ2n) is 7.67. The molecule has 0 radical (unpaired) electrons. The minimum atomic E-state index is -0.124. The van der Waals surface area contributed by atoms with E-state index >= 15 is 0 Å². The second-order valence-corrected chi connectivity index (χ2v) is 9.22. The number of Topliss-reactive ketones (excluding diaryl/α,β-unsaturated/α-hetero) is 1. The van der Waals surface area contributed by atoms with Gasteiger partial charge in [0.2, 0.25) is 5.91 Å². The van der Waals surface area contributed by atoms with Crippen LogP contribution in [0.1, 0.15) is 40.9 Å². The van der Waals surface area contributed by atoms with E-state index in [0.717, 1.165) is 26.9 Å². The standard InChI is InChI=1S/C25H23ClN4O2S.CH4/c1-15(31)30-19-4-2-3-18(12-19)29-14-24-21(26)13-23(33-24)22(32)8-6-16-5-7-20-17(11-16)9-10-28-25(20)27;/h2-5,7,9-13,29H,6,8,14H2,1H3,(H2,27,28)(H,30,31);1H4. The molecule has 0 aliphatic carbocycles. The quantitative estimate of drug-likeness (QED) is 0.241. The number of nitrogens with zero attached hydrogens (tertiary/aromatic N) is 1. The number of aromatic nitrogens is 1. The van der Waals surface area contributed by atoms with E-state index in [9.17, 15) is 9.59 Å². The number of hydrogen-bond donors (Lipinski definition) is 3. The number of nitrogen functional groups attached to an aromatic ring is 1. The molecule has 0 aliphatic rings. The number of aryl methyl sites for hydroxylation is 1. The van der Waals surface area contributed by atoms with Gasteiger partial charge in [0.1, 0.15) is 5.82 Å². The van der Waals surface area contributed by atoms with Gasteiger partial charge in [-0.15, -0.1) is 11.3 Å². The van der Waals surface area contributed by atoms with Crippen LogP contribution in [0, 0.1) is 0 Å². The second kappa shape index (κ2) is 11.1. The first-order valence-corrected chi connectivity index (χ1v) is 11.6. The fourth-order valence-electron chi connectivity index (χ4n) is 3.54. The van der Waals surface area contributed by atoms with Gasteiger partial charge in [-0.3, -0.25) is 9.59 Å². The number of thiophene rings is 1. The van der Waals surface area contributed by atoms with Crippen LogP contribution in [0.2, 0.25) is 5.02 Å². The lowest BCUT2D eigenvalue weighted by Gasteiger charge is -2.08. The number of hydrogen-bond acceptors (Lipinski definition) is 6. The van der Waals surface area contributed by atoms with Gasteiger partial charge in [0, 0.05) is 41.2 Å². The van der Waals surface area contributed by atoms with Gasteiger partial charge >= 0.3 is 0 Å². The number of benzene rings is 2. The van der Waals surface area contributed by atoms with Gasteiger partial charge in [-0.25, -0.2) is 4.98 Å². The SMILES string of the molecule is C.CC(=O)Nc1cccc(NCc2sc(C(=O)CCc3ccc4c(N)nccc4c3)cc2Cl)c1. The van der Waals surface area contributed by atoms with E-state index in [1.165, 1.54) is 18.3 Å². The molecule has 4 rings (SSSR count). The maximum atomic E-state index is 12.8. The first-order valence-electron chi connectivity index (χ1n) is 10.4. The summed E-state index contributed by atoms with van der Waals surface area (Å²) in [5.74, 6) is 0.447. The molecule has 34 heavy (non-hydrogen) atoms. The number of fused-ring (bicyclic) bond motifs is 1. The number of pyridine rings is 1. The predicted octanol–water partition coefficient (Wildman–Crippen LogP) is 6.55. The van der Waals surface area contributed by atoms with E-state index < -0.39 is 0 Å². The average Bonchev–Trinajstić information content (AvgIpc) is 3.16. The third-order valence-corrected chi connectivity index (χ3v) is 6.79. The Bertz CT molecular complexity index is 1340. The molecule has 0 atom stereocenters. The van der Waals surface area contributed by atoms with Crippen molar-refractivity contribution < 1.29 is 9.59 Å². The maximum Gasteiger partial charge on any atom is 0.221 e. The molecule has 4 aromatic rings. The van der Waals surface area contributed by atoms with Crippen molar-refractivity contribution in [3.63, 3.8) is 0 Å². The minimum Gasteiger partial charge on any atom is -0.383 e. The number of ketones is 1.